The number of carbonyl (C=O) groups is 2. The maximum atomic E-state index is 12.2. The van der Waals surface area contributed by atoms with Crippen molar-refractivity contribution >= 4 is 17.6 Å². The Morgan fingerprint density at radius 1 is 1.04 bits per heavy atom. The van der Waals surface area contributed by atoms with Gasteiger partial charge in [-0.15, -0.1) is 0 Å². The third kappa shape index (κ3) is 5.47. The number of rotatable bonds is 6. The minimum Gasteiger partial charge on any atom is -0.351 e. The molecule has 120 valence electrons. The van der Waals surface area contributed by atoms with Crippen LogP contribution in [0.5, 0.6) is 0 Å². The number of anilines is 1. The van der Waals surface area contributed by atoms with Gasteiger partial charge in [-0.05, 0) is 49.6 Å². The average Bonchev–Trinajstić information content (AvgIpc) is 2.54. The highest BCUT2D eigenvalue weighted by Gasteiger charge is 2.10. The predicted molar refractivity (Wildman–Crippen MR) is 91.3 cm³/mol. The normalized spacial score (nSPS) is 11.5. The highest BCUT2D eigenvalue weighted by atomic mass is 16.2. The Morgan fingerprint density at radius 3 is 2.30 bits per heavy atom. The molecule has 0 radical (unpaired) electrons. The SMILES string of the molecule is C[C@@H](CCc1ccccc1)NC(=O)c1ccc(NC(N)=O)cc1. The molecule has 0 saturated carbocycles. The van der Waals surface area contributed by atoms with Gasteiger partial charge in [0.1, 0.15) is 0 Å². The molecular weight excluding hydrogens is 290 g/mol. The number of benzene rings is 2. The van der Waals surface area contributed by atoms with Crippen LogP contribution in [0.2, 0.25) is 0 Å². The molecule has 0 heterocycles. The van der Waals surface area contributed by atoms with E-state index in [1.807, 2.05) is 25.1 Å². The van der Waals surface area contributed by atoms with Crippen molar-refractivity contribution in [2.75, 3.05) is 5.32 Å². The van der Waals surface area contributed by atoms with Crippen molar-refractivity contribution in [2.24, 2.45) is 5.73 Å². The van der Waals surface area contributed by atoms with Crippen LogP contribution in [-0.2, 0) is 6.42 Å². The number of nitrogens with one attached hydrogen (secondary N) is 2. The molecule has 2 aromatic carbocycles. The molecule has 0 aliphatic heterocycles. The van der Waals surface area contributed by atoms with E-state index in [1.54, 1.807) is 24.3 Å². The van der Waals surface area contributed by atoms with Crippen molar-refractivity contribution < 1.29 is 9.59 Å². The van der Waals surface area contributed by atoms with Gasteiger partial charge in [0, 0.05) is 17.3 Å². The van der Waals surface area contributed by atoms with Crippen LogP contribution in [0.15, 0.2) is 54.6 Å². The van der Waals surface area contributed by atoms with Crippen LogP contribution in [0, 0.1) is 0 Å². The quantitative estimate of drug-likeness (QED) is 0.766. The van der Waals surface area contributed by atoms with Crippen molar-refractivity contribution in [2.45, 2.75) is 25.8 Å². The fourth-order valence-corrected chi connectivity index (χ4v) is 2.25. The molecule has 1 atom stereocenters. The molecule has 4 N–H and O–H groups in total. The summed E-state index contributed by atoms with van der Waals surface area (Å²) in [5, 5.41) is 5.43. The molecule has 23 heavy (non-hydrogen) atoms. The van der Waals surface area contributed by atoms with Gasteiger partial charge in [0.05, 0.1) is 0 Å². The van der Waals surface area contributed by atoms with E-state index in [0.29, 0.717) is 11.3 Å². The van der Waals surface area contributed by atoms with Crippen molar-refractivity contribution in [3.8, 4) is 0 Å². The zero-order chi connectivity index (χ0) is 16.7. The summed E-state index contributed by atoms with van der Waals surface area (Å²) < 4.78 is 0. The Bertz CT molecular complexity index is 654. The summed E-state index contributed by atoms with van der Waals surface area (Å²) in [5.41, 5.74) is 7.41. The molecular formula is C18H21N3O2. The largest absolute Gasteiger partial charge is 0.351 e. The fraction of sp³-hybridized carbons (Fsp3) is 0.222. The number of amides is 3. The molecule has 3 amide bonds. The van der Waals surface area contributed by atoms with E-state index in [9.17, 15) is 9.59 Å². The standard InChI is InChI=1S/C18H21N3O2/c1-13(7-8-14-5-3-2-4-6-14)20-17(22)15-9-11-16(12-10-15)21-18(19)23/h2-6,9-13H,7-8H2,1H3,(H,20,22)(H3,19,21,23)/t13-/m0/s1. The summed E-state index contributed by atoms with van der Waals surface area (Å²) in [6.45, 7) is 1.99. The van der Waals surface area contributed by atoms with E-state index < -0.39 is 6.03 Å². The number of hydrogen-bond donors (Lipinski definition) is 3. The molecule has 0 saturated heterocycles. The Morgan fingerprint density at radius 2 is 1.70 bits per heavy atom. The van der Waals surface area contributed by atoms with E-state index >= 15 is 0 Å². The van der Waals surface area contributed by atoms with E-state index in [1.165, 1.54) is 5.56 Å². The first-order valence-corrected chi connectivity index (χ1v) is 7.56. The number of primary amides is 1. The second-order valence-corrected chi connectivity index (χ2v) is 5.47. The van der Waals surface area contributed by atoms with E-state index in [2.05, 4.69) is 22.8 Å². The molecule has 0 bridgehead atoms. The molecule has 0 aliphatic rings. The van der Waals surface area contributed by atoms with Crippen LogP contribution in [-0.4, -0.2) is 18.0 Å². The lowest BCUT2D eigenvalue weighted by Crippen LogP contribution is -2.32. The van der Waals surface area contributed by atoms with Crippen LogP contribution in [0.25, 0.3) is 0 Å². The van der Waals surface area contributed by atoms with Gasteiger partial charge in [0.2, 0.25) is 0 Å². The lowest BCUT2D eigenvalue weighted by atomic mass is 10.1. The van der Waals surface area contributed by atoms with Crippen molar-refractivity contribution in [3.05, 3.63) is 65.7 Å². The molecule has 0 aliphatic carbocycles. The summed E-state index contributed by atoms with van der Waals surface area (Å²) >= 11 is 0. The second-order valence-electron chi connectivity index (χ2n) is 5.47. The number of nitrogens with two attached hydrogens (primary N) is 1. The highest BCUT2D eigenvalue weighted by Crippen LogP contribution is 2.10. The zero-order valence-corrected chi connectivity index (χ0v) is 13.1. The third-order valence-corrected chi connectivity index (χ3v) is 3.50. The first-order chi connectivity index (χ1) is 11.0. The van der Waals surface area contributed by atoms with Crippen LogP contribution in [0.3, 0.4) is 0 Å². The van der Waals surface area contributed by atoms with Gasteiger partial charge in [-0.3, -0.25) is 4.79 Å². The number of hydrogen-bond acceptors (Lipinski definition) is 2. The topological polar surface area (TPSA) is 84.2 Å². The molecule has 0 unspecified atom stereocenters. The molecule has 5 nitrogen and oxygen atoms in total. The summed E-state index contributed by atoms with van der Waals surface area (Å²) in [4.78, 5) is 22.9. The zero-order valence-electron chi connectivity index (χ0n) is 13.1. The monoisotopic (exact) mass is 311 g/mol. The second kappa shape index (κ2) is 7.98. The van der Waals surface area contributed by atoms with Gasteiger partial charge in [0.15, 0.2) is 0 Å². The van der Waals surface area contributed by atoms with Crippen LogP contribution in [0.1, 0.15) is 29.3 Å². The predicted octanol–water partition coefficient (Wildman–Crippen LogP) is 2.93. The third-order valence-electron chi connectivity index (χ3n) is 3.50. The summed E-state index contributed by atoms with van der Waals surface area (Å²) in [6.07, 6.45) is 1.79. The Balaban J connectivity index is 1.84. The van der Waals surface area contributed by atoms with Crippen molar-refractivity contribution in [1.29, 1.82) is 0 Å². The van der Waals surface area contributed by atoms with Gasteiger partial charge < -0.3 is 16.4 Å². The Labute approximate surface area is 135 Å². The van der Waals surface area contributed by atoms with Crippen LogP contribution in [0.4, 0.5) is 10.5 Å². The molecule has 2 rings (SSSR count). The molecule has 5 heteroatoms. The lowest BCUT2D eigenvalue weighted by molar-refractivity contribution is 0.0938. The van der Waals surface area contributed by atoms with E-state index in [4.69, 9.17) is 5.73 Å². The van der Waals surface area contributed by atoms with Gasteiger partial charge >= 0.3 is 6.03 Å². The smallest absolute Gasteiger partial charge is 0.316 e. The summed E-state index contributed by atoms with van der Waals surface area (Å²) in [5.74, 6) is -0.129. The highest BCUT2D eigenvalue weighted by molar-refractivity contribution is 5.95. The van der Waals surface area contributed by atoms with Gasteiger partial charge in [0.25, 0.3) is 5.91 Å². The number of urea groups is 1. The summed E-state index contributed by atoms with van der Waals surface area (Å²) in [6, 6.07) is 16.2. The van der Waals surface area contributed by atoms with E-state index in [0.717, 1.165) is 12.8 Å². The molecule has 2 aromatic rings. The maximum Gasteiger partial charge on any atom is 0.316 e. The van der Waals surface area contributed by atoms with Crippen LogP contribution < -0.4 is 16.4 Å². The first kappa shape index (κ1) is 16.5. The Hall–Kier alpha value is -2.82. The van der Waals surface area contributed by atoms with Crippen molar-refractivity contribution in [3.63, 3.8) is 0 Å². The Kier molecular flexibility index (Phi) is 5.74. The van der Waals surface area contributed by atoms with Crippen LogP contribution >= 0.6 is 0 Å². The maximum absolute atomic E-state index is 12.2. The molecule has 0 aromatic heterocycles. The minimum atomic E-state index is -0.628. The average molecular weight is 311 g/mol. The van der Waals surface area contributed by atoms with Crippen molar-refractivity contribution in [1.82, 2.24) is 5.32 Å². The fourth-order valence-electron chi connectivity index (χ4n) is 2.25. The minimum absolute atomic E-state index is 0.0751. The van der Waals surface area contributed by atoms with Gasteiger partial charge in [-0.25, -0.2) is 4.79 Å². The first-order valence-electron chi connectivity index (χ1n) is 7.56. The van der Waals surface area contributed by atoms with E-state index in [-0.39, 0.29) is 11.9 Å². The summed E-state index contributed by atoms with van der Waals surface area (Å²) in [7, 11) is 0. The number of aryl methyl sites for hydroxylation is 1. The number of carbonyl (C=O) groups excluding carboxylic acids is 2. The van der Waals surface area contributed by atoms with Gasteiger partial charge in [-0.1, -0.05) is 30.3 Å². The molecule has 0 spiro atoms. The lowest BCUT2D eigenvalue weighted by Gasteiger charge is -2.14. The molecule has 0 fully saturated rings. The van der Waals surface area contributed by atoms with Gasteiger partial charge in [-0.2, -0.15) is 0 Å².